The first-order valence-electron chi connectivity index (χ1n) is 5.88. The molecule has 108 valence electrons. The summed E-state index contributed by atoms with van der Waals surface area (Å²) in [7, 11) is 0. The number of nitrogen functional groups attached to an aromatic ring is 1. The quantitative estimate of drug-likeness (QED) is 0.600. The molecule has 1 aromatic heterocycles. The molecule has 2 heterocycles. The largest absolute Gasteiger partial charge is 0.392 e. The summed E-state index contributed by atoms with van der Waals surface area (Å²) < 4.78 is 19.7. The van der Waals surface area contributed by atoms with E-state index in [9.17, 15) is 19.4 Å². The fraction of sp³-hybridized carbons (Fsp3) is 0.500. The van der Waals surface area contributed by atoms with Crippen LogP contribution < -0.4 is 11.4 Å². The second-order valence-corrected chi connectivity index (χ2v) is 4.41. The van der Waals surface area contributed by atoms with E-state index in [0.717, 1.165) is 10.8 Å². The van der Waals surface area contributed by atoms with Crippen LogP contribution in [0.25, 0.3) is 0 Å². The molecule has 1 aliphatic heterocycles. The highest BCUT2D eigenvalue weighted by atomic mass is 19.1. The highest BCUT2D eigenvalue weighted by molar-refractivity contribution is 5.27. The Bertz CT molecular complexity index is 636. The van der Waals surface area contributed by atoms with Gasteiger partial charge in [-0.05, 0) is 6.92 Å². The summed E-state index contributed by atoms with van der Waals surface area (Å²) >= 11 is 0. The van der Waals surface area contributed by atoms with Crippen LogP contribution in [0.4, 0.5) is 10.2 Å². The van der Waals surface area contributed by atoms with Crippen molar-refractivity contribution >= 4 is 5.82 Å². The van der Waals surface area contributed by atoms with Gasteiger partial charge in [0.25, 0.3) is 0 Å². The van der Waals surface area contributed by atoms with E-state index in [2.05, 4.69) is 16.8 Å². The van der Waals surface area contributed by atoms with Gasteiger partial charge in [-0.2, -0.15) is 4.98 Å². The predicted octanol–water partition coefficient (Wildman–Crippen LogP) is -1.00. The summed E-state index contributed by atoms with van der Waals surface area (Å²) in [6, 6.07) is 0. The van der Waals surface area contributed by atoms with Gasteiger partial charge < -0.3 is 20.7 Å². The number of rotatable bonds is 2. The average molecular weight is 283 g/mol. The van der Waals surface area contributed by atoms with Gasteiger partial charge >= 0.3 is 5.69 Å². The van der Waals surface area contributed by atoms with Crippen LogP contribution >= 0.6 is 0 Å². The SMILES string of the molecule is CC#C[C@]1(CO)O[C@@H](n2cc(F)c(N)nc2=O)C[C@@H]1O. The van der Waals surface area contributed by atoms with Crippen LogP contribution in [0.15, 0.2) is 11.0 Å². The first-order valence-corrected chi connectivity index (χ1v) is 5.88. The number of aliphatic hydroxyl groups excluding tert-OH is 2. The molecule has 0 amide bonds. The van der Waals surface area contributed by atoms with E-state index < -0.39 is 41.9 Å². The minimum absolute atomic E-state index is 0.0276. The Morgan fingerprint density at radius 3 is 3.05 bits per heavy atom. The minimum Gasteiger partial charge on any atom is -0.392 e. The molecular weight excluding hydrogens is 269 g/mol. The molecule has 1 aromatic rings. The summed E-state index contributed by atoms with van der Waals surface area (Å²) in [5.41, 5.74) is 2.90. The van der Waals surface area contributed by atoms with Crippen LogP contribution in [0.3, 0.4) is 0 Å². The topological polar surface area (TPSA) is 111 Å². The molecule has 0 unspecified atom stereocenters. The zero-order valence-corrected chi connectivity index (χ0v) is 10.7. The van der Waals surface area contributed by atoms with Gasteiger partial charge in [-0.3, -0.25) is 4.57 Å². The Morgan fingerprint density at radius 1 is 1.75 bits per heavy atom. The Morgan fingerprint density at radius 2 is 2.45 bits per heavy atom. The smallest absolute Gasteiger partial charge is 0.351 e. The first kappa shape index (κ1) is 14.5. The third-order valence-electron chi connectivity index (χ3n) is 3.13. The van der Waals surface area contributed by atoms with Crippen molar-refractivity contribution in [1.82, 2.24) is 9.55 Å². The average Bonchev–Trinajstić information content (AvgIpc) is 2.72. The summed E-state index contributed by atoms with van der Waals surface area (Å²) in [6.45, 7) is 0.975. The molecule has 0 aromatic carbocycles. The van der Waals surface area contributed by atoms with Crippen LogP contribution in [0, 0.1) is 17.7 Å². The number of ether oxygens (including phenoxy) is 1. The summed E-state index contributed by atoms with van der Waals surface area (Å²) in [6.07, 6.45) is -1.26. The normalized spacial score (nSPS) is 29.0. The number of nitrogens with two attached hydrogens (primary N) is 1. The van der Waals surface area contributed by atoms with Crippen LogP contribution in [0.5, 0.6) is 0 Å². The molecule has 20 heavy (non-hydrogen) atoms. The highest BCUT2D eigenvalue weighted by Crippen LogP contribution is 2.35. The van der Waals surface area contributed by atoms with Gasteiger partial charge in [-0.15, -0.1) is 5.92 Å². The van der Waals surface area contributed by atoms with Crippen LogP contribution in [0.2, 0.25) is 0 Å². The Kier molecular flexibility index (Phi) is 3.76. The van der Waals surface area contributed by atoms with Gasteiger partial charge in [0.05, 0.1) is 12.8 Å². The molecule has 1 fully saturated rings. The second kappa shape index (κ2) is 5.20. The van der Waals surface area contributed by atoms with E-state index in [1.807, 2.05) is 0 Å². The van der Waals surface area contributed by atoms with E-state index in [1.54, 1.807) is 0 Å². The minimum atomic E-state index is -1.49. The first-order chi connectivity index (χ1) is 9.43. The zero-order valence-electron chi connectivity index (χ0n) is 10.7. The number of hydrogen-bond acceptors (Lipinski definition) is 6. The molecular formula is C12H14FN3O4. The van der Waals surface area contributed by atoms with Crippen LogP contribution in [0.1, 0.15) is 19.6 Å². The molecule has 8 heteroatoms. The number of anilines is 1. The number of aromatic nitrogens is 2. The molecule has 2 rings (SSSR count). The molecule has 1 saturated heterocycles. The number of hydrogen-bond donors (Lipinski definition) is 3. The fourth-order valence-corrected chi connectivity index (χ4v) is 2.09. The summed E-state index contributed by atoms with van der Waals surface area (Å²) in [4.78, 5) is 15.0. The fourth-order valence-electron chi connectivity index (χ4n) is 2.09. The summed E-state index contributed by atoms with van der Waals surface area (Å²) in [5.74, 6) is 3.75. The van der Waals surface area contributed by atoms with E-state index in [0.29, 0.717) is 0 Å². The van der Waals surface area contributed by atoms with Crippen LogP contribution in [-0.2, 0) is 4.74 Å². The molecule has 0 bridgehead atoms. The maximum absolute atomic E-state index is 13.4. The van der Waals surface area contributed by atoms with Gasteiger partial charge in [-0.25, -0.2) is 9.18 Å². The highest BCUT2D eigenvalue weighted by Gasteiger charge is 2.47. The Hall–Kier alpha value is -1.95. The number of nitrogens with zero attached hydrogens (tertiary/aromatic N) is 2. The number of aliphatic hydroxyl groups is 2. The molecule has 0 saturated carbocycles. The van der Waals surface area contributed by atoms with Crippen molar-refractivity contribution < 1.29 is 19.3 Å². The van der Waals surface area contributed by atoms with Gasteiger partial charge in [0.1, 0.15) is 12.3 Å². The van der Waals surface area contributed by atoms with E-state index in [-0.39, 0.29) is 6.42 Å². The lowest BCUT2D eigenvalue weighted by Gasteiger charge is -2.24. The third-order valence-corrected chi connectivity index (χ3v) is 3.13. The van der Waals surface area contributed by atoms with Crippen molar-refractivity contribution in [1.29, 1.82) is 0 Å². The van der Waals surface area contributed by atoms with Gasteiger partial charge in [0, 0.05) is 6.42 Å². The van der Waals surface area contributed by atoms with E-state index in [4.69, 9.17) is 10.5 Å². The molecule has 0 spiro atoms. The molecule has 7 nitrogen and oxygen atoms in total. The lowest BCUT2D eigenvalue weighted by Crippen LogP contribution is -2.41. The van der Waals surface area contributed by atoms with Crippen molar-refractivity contribution in [2.45, 2.75) is 31.3 Å². The molecule has 1 aliphatic rings. The van der Waals surface area contributed by atoms with Crippen molar-refractivity contribution in [3.05, 3.63) is 22.5 Å². The van der Waals surface area contributed by atoms with Gasteiger partial charge in [-0.1, -0.05) is 5.92 Å². The van der Waals surface area contributed by atoms with Gasteiger partial charge in [0.15, 0.2) is 17.2 Å². The second-order valence-electron chi connectivity index (χ2n) is 4.41. The lowest BCUT2D eigenvalue weighted by molar-refractivity contribution is -0.0915. The van der Waals surface area contributed by atoms with E-state index >= 15 is 0 Å². The number of halogens is 1. The van der Waals surface area contributed by atoms with Gasteiger partial charge in [0.2, 0.25) is 0 Å². The Labute approximate surface area is 113 Å². The Balaban J connectivity index is 2.40. The predicted molar refractivity (Wildman–Crippen MR) is 66.9 cm³/mol. The third kappa shape index (κ3) is 2.27. The van der Waals surface area contributed by atoms with Crippen LogP contribution in [-0.4, -0.2) is 38.1 Å². The molecule has 4 N–H and O–H groups in total. The van der Waals surface area contributed by atoms with Crippen molar-refractivity contribution in [3.8, 4) is 11.8 Å². The lowest BCUT2D eigenvalue weighted by atomic mass is 9.98. The maximum Gasteiger partial charge on any atom is 0.351 e. The zero-order chi connectivity index (χ0) is 14.9. The van der Waals surface area contributed by atoms with Crippen molar-refractivity contribution in [3.63, 3.8) is 0 Å². The monoisotopic (exact) mass is 283 g/mol. The summed E-state index contributed by atoms with van der Waals surface area (Å²) in [5, 5.41) is 19.3. The molecule has 3 atom stereocenters. The molecule has 0 radical (unpaired) electrons. The maximum atomic E-state index is 13.4. The van der Waals surface area contributed by atoms with Crippen molar-refractivity contribution in [2.24, 2.45) is 0 Å². The van der Waals surface area contributed by atoms with E-state index in [1.165, 1.54) is 6.92 Å². The van der Waals surface area contributed by atoms with Crippen molar-refractivity contribution in [2.75, 3.05) is 12.3 Å². The standard InChI is InChI=1S/C12H14FN3O4/c1-2-3-12(6-17)8(18)4-9(20-12)16-5-7(13)10(14)15-11(16)19/h5,8-9,17-18H,4,6H2,1H3,(H2,14,15,19)/t8-,9+,12+/m0/s1. The molecule has 0 aliphatic carbocycles.